The molecule has 1 aromatic heterocycles. The Bertz CT molecular complexity index is 810. The van der Waals surface area contributed by atoms with Gasteiger partial charge < -0.3 is 10.6 Å². The lowest BCUT2D eigenvalue weighted by Gasteiger charge is -2.12. The Morgan fingerprint density at radius 2 is 1.80 bits per heavy atom. The van der Waals surface area contributed by atoms with Crippen LogP contribution < -0.4 is 10.6 Å². The fourth-order valence-corrected chi connectivity index (χ4v) is 2.63. The Kier molecular flexibility index (Phi) is 5.46. The summed E-state index contributed by atoms with van der Waals surface area (Å²) in [6.45, 7) is 3.26. The van der Waals surface area contributed by atoms with E-state index in [1.807, 2.05) is 59.4 Å². The predicted molar refractivity (Wildman–Crippen MR) is 99.4 cm³/mol. The number of carbonyl (C=O) groups is 1. The summed E-state index contributed by atoms with van der Waals surface area (Å²) in [6, 6.07) is 17.6. The van der Waals surface area contributed by atoms with Crippen LogP contribution in [0.4, 0.5) is 10.5 Å². The van der Waals surface area contributed by atoms with Crippen LogP contribution >= 0.6 is 0 Å². The third-order valence-corrected chi connectivity index (χ3v) is 4.07. The Morgan fingerprint density at radius 1 is 1.04 bits per heavy atom. The summed E-state index contributed by atoms with van der Waals surface area (Å²) in [6.07, 6.45) is 4.68. The molecule has 0 bridgehead atoms. The lowest BCUT2D eigenvalue weighted by Crippen LogP contribution is -2.28. The van der Waals surface area contributed by atoms with Crippen molar-refractivity contribution in [3.05, 3.63) is 83.7 Å². The molecule has 0 unspecified atom stereocenters. The van der Waals surface area contributed by atoms with Crippen LogP contribution in [-0.4, -0.2) is 15.8 Å². The van der Waals surface area contributed by atoms with E-state index in [9.17, 15) is 4.79 Å². The molecule has 1 heterocycles. The molecule has 0 saturated heterocycles. The number of benzene rings is 2. The first-order valence-electron chi connectivity index (χ1n) is 8.42. The topological polar surface area (TPSA) is 59.0 Å². The van der Waals surface area contributed by atoms with Gasteiger partial charge in [-0.25, -0.2) is 4.79 Å². The first-order valence-corrected chi connectivity index (χ1v) is 8.42. The SMILES string of the molecule is CCc1ccc(NC(=O)NCc2ccccc2Cn2cccn2)cc1. The van der Waals surface area contributed by atoms with Gasteiger partial charge in [0.25, 0.3) is 0 Å². The maximum atomic E-state index is 12.1. The molecule has 3 aromatic rings. The number of hydrogen-bond acceptors (Lipinski definition) is 2. The second-order valence-corrected chi connectivity index (χ2v) is 5.83. The molecule has 0 aliphatic heterocycles. The highest BCUT2D eigenvalue weighted by molar-refractivity contribution is 5.89. The van der Waals surface area contributed by atoms with Crippen LogP contribution in [0.2, 0.25) is 0 Å². The molecule has 25 heavy (non-hydrogen) atoms. The minimum absolute atomic E-state index is 0.210. The number of aryl methyl sites for hydroxylation is 1. The van der Waals surface area contributed by atoms with Crippen molar-refractivity contribution in [2.45, 2.75) is 26.4 Å². The summed E-state index contributed by atoms with van der Waals surface area (Å²) in [5.74, 6) is 0. The zero-order valence-corrected chi connectivity index (χ0v) is 14.3. The highest BCUT2D eigenvalue weighted by atomic mass is 16.2. The summed E-state index contributed by atoms with van der Waals surface area (Å²) in [7, 11) is 0. The predicted octanol–water partition coefficient (Wildman–Crippen LogP) is 3.82. The summed E-state index contributed by atoms with van der Waals surface area (Å²) in [4.78, 5) is 12.1. The van der Waals surface area contributed by atoms with Gasteiger partial charge in [0.1, 0.15) is 0 Å². The van der Waals surface area contributed by atoms with E-state index in [1.54, 1.807) is 6.20 Å². The van der Waals surface area contributed by atoms with Crippen LogP contribution in [0.3, 0.4) is 0 Å². The average molecular weight is 334 g/mol. The largest absolute Gasteiger partial charge is 0.334 e. The van der Waals surface area contributed by atoms with Crippen molar-refractivity contribution < 1.29 is 4.79 Å². The number of rotatable bonds is 6. The van der Waals surface area contributed by atoms with Gasteiger partial charge in [0.15, 0.2) is 0 Å². The van der Waals surface area contributed by atoms with E-state index >= 15 is 0 Å². The van der Waals surface area contributed by atoms with E-state index in [-0.39, 0.29) is 6.03 Å². The molecule has 3 rings (SSSR count). The molecular weight excluding hydrogens is 312 g/mol. The van der Waals surface area contributed by atoms with Crippen molar-refractivity contribution in [2.75, 3.05) is 5.32 Å². The van der Waals surface area contributed by atoms with Crippen molar-refractivity contribution >= 4 is 11.7 Å². The van der Waals surface area contributed by atoms with Gasteiger partial charge in [-0.15, -0.1) is 0 Å². The molecule has 5 nitrogen and oxygen atoms in total. The maximum Gasteiger partial charge on any atom is 0.319 e. The molecule has 2 N–H and O–H groups in total. The number of nitrogens with one attached hydrogen (secondary N) is 2. The summed E-state index contributed by atoms with van der Waals surface area (Å²) < 4.78 is 1.87. The van der Waals surface area contributed by atoms with Crippen LogP contribution in [0.25, 0.3) is 0 Å². The fraction of sp³-hybridized carbons (Fsp3) is 0.200. The summed E-state index contributed by atoms with van der Waals surface area (Å²) in [5.41, 5.74) is 4.26. The van der Waals surface area contributed by atoms with Gasteiger partial charge in [-0.1, -0.05) is 43.3 Å². The zero-order chi connectivity index (χ0) is 17.5. The molecule has 2 aromatic carbocycles. The van der Waals surface area contributed by atoms with Crippen molar-refractivity contribution in [3.8, 4) is 0 Å². The molecule has 128 valence electrons. The second-order valence-electron chi connectivity index (χ2n) is 5.83. The zero-order valence-electron chi connectivity index (χ0n) is 14.3. The molecule has 2 amide bonds. The lowest BCUT2D eigenvalue weighted by molar-refractivity contribution is 0.251. The van der Waals surface area contributed by atoms with Gasteiger partial charge in [0.2, 0.25) is 0 Å². The third kappa shape index (κ3) is 4.70. The molecule has 0 spiro atoms. The minimum Gasteiger partial charge on any atom is -0.334 e. The standard InChI is InChI=1S/C20H22N4O/c1-2-16-8-10-19(11-9-16)23-20(25)21-14-17-6-3-4-7-18(17)15-24-13-5-12-22-24/h3-13H,2,14-15H2,1H3,(H2,21,23,25). The normalized spacial score (nSPS) is 10.4. The Balaban J connectivity index is 1.58. The second kappa shape index (κ2) is 8.15. The number of hydrogen-bond donors (Lipinski definition) is 2. The number of nitrogens with zero attached hydrogens (tertiary/aromatic N) is 2. The van der Waals surface area contributed by atoms with Crippen LogP contribution in [0.1, 0.15) is 23.6 Å². The quantitative estimate of drug-likeness (QED) is 0.720. The minimum atomic E-state index is -0.210. The Morgan fingerprint density at radius 3 is 2.48 bits per heavy atom. The first-order chi connectivity index (χ1) is 12.2. The van der Waals surface area contributed by atoms with E-state index in [4.69, 9.17) is 0 Å². The number of amides is 2. The van der Waals surface area contributed by atoms with Gasteiger partial charge in [-0.3, -0.25) is 4.68 Å². The monoisotopic (exact) mass is 334 g/mol. The first kappa shape index (κ1) is 16.8. The Labute approximate surface area is 147 Å². The van der Waals surface area contributed by atoms with Crippen molar-refractivity contribution in [3.63, 3.8) is 0 Å². The van der Waals surface area contributed by atoms with Gasteiger partial charge in [-0.2, -0.15) is 5.10 Å². The van der Waals surface area contributed by atoms with Crippen LogP contribution in [0.5, 0.6) is 0 Å². The number of carbonyl (C=O) groups excluding carboxylic acids is 1. The molecule has 5 heteroatoms. The van der Waals surface area contributed by atoms with Crippen molar-refractivity contribution in [2.24, 2.45) is 0 Å². The van der Waals surface area contributed by atoms with Crippen LogP contribution in [-0.2, 0) is 19.5 Å². The maximum absolute atomic E-state index is 12.1. The highest BCUT2D eigenvalue weighted by Crippen LogP contribution is 2.12. The summed E-state index contributed by atoms with van der Waals surface area (Å²) in [5, 5.41) is 10.0. The van der Waals surface area contributed by atoms with E-state index in [2.05, 4.69) is 28.7 Å². The van der Waals surface area contributed by atoms with Gasteiger partial charge >= 0.3 is 6.03 Å². The lowest BCUT2D eigenvalue weighted by atomic mass is 10.1. The van der Waals surface area contributed by atoms with Crippen LogP contribution in [0, 0.1) is 0 Å². The van der Waals surface area contributed by atoms with Crippen LogP contribution in [0.15, 0.2) is 67.0 Å². The Hall–Kier alpha value is -3.08. The highest BCUT2D eigenvalue weighted by Gasteiger charge is 2.06. The fourth-order valence-electron chi connectivity index (χ4n) is 2.63. The number of anilines is 1. The number of aromatic nitrogens is 2. The van der Waals surface area contributed by atoms with Crippen molar-refractivity contribution in [1.82, 2.24) is 15.1 Å². The van der Waals surface area contributed by atoms with Gasteiger partial charge in [0, 0.05) is 24.6 Å². The summed E-state index contributed by atoms with van der Waals surface area (Å²) >= 11 is 0. The average Bonchev–Trinajstić information content (AvgIpc) is 3.15. The van der Waals surface area contributed by atoms with Gasteiger partial charge in [0.05, 0.1) is 6.54 Å². The molecule has 0 aliphatic carbocycles. The van der Waals surface area contributed by atoms with E-state index in [0.717, 1.165) is 23.2 Å². The molecule has 0 fully saturated rings. The molecule has 0 saturated carbocycles. The van der Waals surface area contributed by atoms with Gasteiger partial charge in [-0.05, 0) is 41.3 Å². The molecule has 0 aliphatic rings. The van der Waals surface area contributed by atoms with Crippen molar-refractivity contribution in [1.29, 1.82) is 0 Å². The molecule has 0 atom stereocenters. The van der Waals surface area contributed by atoms with E-state index < -0.39 is 0 Å². The molecule has 0 radical (unpaired) electrons. The smallest absolute Gasteiger partial charge is 0.319 e. The van der Waals surface area contributed by atoms with E-state index in [1.165, 1.54) is 5.56 Å². The van der Waals surface area contributed by atoms with E-state index in [0.29, 0.717) is 13.1 Å². The number of urea groups is 1. The molecular formula is C20H22N4O. The third-order valence-electron chi connectivity index (χ3n) is 4.07.